The normalized spacial score (nSPS) is 22.8. The molecule has 1 aromatic carbocycles. The fourth-order valence-corrected chi connectivity index (χ4v) is 4.27. The van der Waals surface area contributed by atoms with Crippen LogP contribution in [0.5, 0.6) is 0 Å². The van der Waals surface area contributed by atoms with Crippen LogP contribution < -0.4 is 5.56 Å². The number of likely N-dealkylation sites (tertiary alicyclic amines) is 2. The van der Waals surface area contributed by atoms with Crippen molar-refractivity contribution in [1.82, 2.24) is 19.6 Å². The van der Waals surface area contributed by atoms with Crippen molar-refractivity contribution in [1.29, 1.82) is 0 Å². The summed E-state index contributed by atoms with van der Waals surface area (Å²) in [4.78, 5) is 40.7. The van der Waals surface area contributed by atoms with Gasteiger partial charge in [0.05, 0.1) is 17.5 Å². The summed E-state index contributed by atoms with van der Waals surface area (Å²) in [7, 11) is 3.46. The summed E-state index contributed by atoms with van der Waals surface area (Å²) in [5.41, 5.74) is 0.458. The summed E-state index contributed by atoms with van der Waals surface area (Å²) in [5.74, 6) is 0.386. The van der Waals surface area contributed by atoms with Crippen molar-refractivity contribution in [2.45, 2.75) is 25.3 Å². The Morgan fingerprint density at radius 3 is 2.69 bits per heavy atom. The maximum Gasteiger partial charge on any atom is 0.274 e. The van der Waals surface area contributed by atoms with Crippen LogP contribution in [0.2, 0.25) is 0 Å². The molecule has 2 saturated heterocycles. The Kier molecular flexibility index (Phi) is 4.01. The van der Waals surface area contributed by atoms with Crippen molar-refractivity contribution >= 4 is 22.6 Å². The van der Waals surface area contributed by atoms with E-state index in [-0.39, 0.29) is 35.8 Å². The number of benzene rings is 1. The first kappa shape index (κ1) is 16.8. The molecule has 2 atom stereocenters. The van der Waals surface area contributed by atoms with Crippen molar-refractivity contribution in [3.8, 4) is 0 Å². The molecular weight excluding hydrogens is 332 g/mol. The second-order valence-electron chi connectivity index (χ2n) is 7.26. The maximum atomic E-state index is 12.9. The van der Waals surface area contributed by atoms with Gasteiger partial charge in [0.2, 0.25) is 11.8 Å². The van der Waals surface area contributed by atoms with E-state index in [1.165, 1.54) is 4.68 Å². The van der Waals surface area contributed by atoms with Crippen LogP contribution in [0.3, 0.4) is 0 Å². The number of nitrogens with zero attached hydrogens (tertiary/aromatic N) is 4. The molecule has 1 aromatic heterocycles. The minimum Gasteiger partial charge on any atom is -0.342 e. The molecule has 0 bridgehead atoms. The molecular formula is C19H22N4O3. The molecule has 2 aromatic rings. The molecule has 0 spiro atoms. The molecule has 0 N–H and O–H groups in total. The number of rotatable bonds is 2. The minimum atomic E-state index is -0.162. The van der Waals surface area contributed by atoms with Crippen LogP contribution in [0.15, 0.2) is 29.1 Å². The molecule has 2 amide bonds. The highest BCUT2D eigenvalue weighted by Gasteiger charge is 2.41. The Balaban J connectivity index is 1.56. The average molecular weight is 354 g/mol. The molecule has 2 aliphatic rings. The van der Waals surface area contributed by atoms with Crippen LogP contribution in [0.4, 0.5) is 0 Å². The lowest BCUT2D eigenvalue weighted by molar-refractivity contribution is -0.132. The highest BCUT2D eigenvalue weighted by molar-refractivity contribution is 5.88. The number of amides is 2. The van der Waals surface area contributed by atoms with Gasteiger partial charge in [0.15, 0.2) is 0 Å². The summed E-state index contributed by atoms with van der Waals surface area (Å²) in [6.45, 7) is 1.27. The van der Waals surface area contributed by atoms with Gasteiger partial charge in [0.1, 0.15) is 0 Å². The highest BCUT2D eigenvalue weighted by Crippen LogP contribution is 2.31. The largest absolute Gasteiger partial charge is 0.342 e. The Morgan fingerprint density at radius 2 is 1.92 bits per heavy atom. The van der Waals surface area contributed by atoms with Gasteiger partial charge in [-0.3, -0.25) is 14.4 Å². The van der Waals surface area contributed by atoms with Crippen molar-refractivity contribution < 1.29 is 9.59 Å². The van der Waals surface area contributed by atoms with Crippen LogP contribution in [-0.4, -0.2) is 57.6 Å². The van der Waals surface area contributed by atoms with Gasteiger partial charge in [0.25, 0.3) is 5.56 Å². The Hall–Kier alpha value is -2.70. The molecule has 4 rings (SSSR count). The van der Waals surface area contributed by atoms with Crippen LogP contribution in [-0.2, 0) is 23.1 Å². The van der Waals surface area contributed by atoms with Gasteiger partial charge in [-0.15, -0.1) is 0 Å². The minimum absolute atomic E-state index is 0.00162. The molecule has 0 saturated carbocycles. The SMILES string of the molecule is CN1C(=O)C[C@@H]2CN(C(=O)Cc3nn(C)c(=O)c4ccccc34)CC[C@@H]21. The van der Waals surface area contributed by atoms with E-state index < -0.39 is 0 Å². The number of carbonyl (C=O) groups is 2. The Bertz CT molecular complexity index is 951. The van der Waals surface area contributed by atoms with E-state index in [4.69, 9.17) is 0 Å². The van der Waals surface area contributed by atoms with Gasteiger partial charge in [-0.1, -0.05) is 18.2 Å². The standard InChI is InChI=1S/C19H22N4O3/c1-21-16-7-8-23(11-12(16)9-17(21)24)18(25)10-15-13-5-3-4-6-14(13)19(26)22(2)20-15/h3-6,12,16H,7-11H2,1-2H3/t12-,16+/m1/s1. The van der Waals surface area contributed by atoms with Crippen molar-refractivity contribution in [3.05, 3.63) is 40.3 Å². The highest BCUT2D eigenvalue weighted by atomic mass is 16.2. The van der Waals surface area contributed by atoms with Gasteiger partial charge < -0.3 is 9.80 Å². The van der Waals surface area contributed by atoms with E-state index >= 15 is 0 Å². The number of hydrogen-bond acceptors (Lipinski definition) is 4. The summed E-state index contributed by atoms with van der Waals surface area (Å²) in [6, 6.07) is 7.52. The van der Waals surface area contributed by atoms with Crippen molar-refractivity contribution in [2.75, 3.05) is 20.1 Å². The van der Waals surface area contributed by atoms with E-state index in [0.29, 0.717) is 30.6 Å². The molecule has 7 heteroatoms. The number of carbonyl (C=O) groups excluding carboxylic acids is 2. The lowest BCUT2D eigenvalue weighted by Crippen LogP contribution is -2.48. The Morgan fingerprint density at radius 1 is 1.19 bits per heavy atom. The first-order valence-electron chi connectivity index (χ1n) is 8.94. The maximum absolute atomic E-state index is 12.9. The summed E-state index contributed by atoms with van der Waals surface area (Å²) < 4.78 is 1.29. The van der Waals surface area contributed by atoms with Crippen LogP contribution in [0, 0.1) is 5.92 Å². The van der Waals surface area contributed by atoms with Gasteiger partial charge >= 0.3 is 0 Å². The smallest absolute Gasteiger partial charge is 0.274 e. The van der Waals surface area contributed by atoms with Crippen LogP contribution in [0.1, 0.15) is 18.5 Å². The van der Waals surface area contributed by atoms with E-state index in [9.17, 15) is 14.4 Å². The number of piperidine rings is 1. The van der Waals surface area contributed by atoms with Crippen LogP contribution >= 0.6 is 0 Å². The van der Waals surface area contributed by atoms with Crippen molar-refractivity contribution in [2.24, 2.45) is 13.0 Å². The average Bonchev–Trinajstić information content (AvgIpc) is 2.93. The molecule has 2 aliphatic heterocycles. The quantitative estimate of drug-likeness (QED) is 0.790. The third kappa shape index (κ3) is 2.67. The van der Waals surface area contributed by atoms with Gasteiger partial charge in [-0.2, -0.15) is 5.10 Å². The molecule has 3 heterocycles. The number of aromatic nitrogens is 2. The zero-order valence-electron chi connectivity index (χ0n) is 15.0. The van der Waals surface area contributed by atoms with E-state index in [2.05, 4.69) is 5.10 Å². The zero-order valence-corrected chi connectivity index (χ0v) is 15.0. The number of aryl methyl sites for hydroxylation is 1. The van der Waals surface area contributed by atoms with E-state index in [0.717, 1.165) is 11.8 Å². The topological polar surface area (TPSA) is 75.5 Å². The lowest BCUT2D eigenvalue weighted by atomic mass is 9.92. The molecule has 7 nitrogen and oxygen atoms in total. The predicted molar refractivity (Wildman–Crippen MR) is 96.6 cm³/mol. The summed E-state index contributed by atoms with van der Waals surface area (Å²) in [5, 5.41) is 5.63. The lowest BCUT2D eigenvalue weighted by Gasteiger charge is -2.36. The summed E-state index contributed by atoms with van der Waals surface area (Å²) in [6.07, 6.45) is 1.50. The van der Waals surface area contributed by atoms with E-state index in [1.807, 2.05) is 35.0 Å². The van der Waals surface area contributed by atoms with Gasteiger partial charge in [-0.25, -0.2) is 4.68 Å². The second kappa shape index (κ2) is 6.23. The third-order valence-corrected chi connectivity index (χ3v) is 5.73. The fourth-order valence-electron chi connectivity index (χ4n) is 4.27. The predicted octanol–water partition coefficient (Wildman–Crippen LogP) is 0.555. The Labute approximate surface area is 151 Å². The number of hydrogen-bond donors (Lipinski definition) is 0. The fraction of sp³-hybridized carbons (Fsp3) is 0.474. The monoisotopic (exact) mass is 354 g/mol. The van der Waals surface area contributed by atoms with E-state index in [1.54, 1.807) is 13.1 Å². The molecule has 0 unspecified atom stereocenters. The molecule has 26 heavy (non-hydrogen) atoms. The molecule has 0 aliphatic carbocycles. The molecule has 136 valence electrons. The molecule has 2 fully saturated rings. The first-order valence-corrected chi connectivity index (χ1v) is 8.94. The zero-order chi connectivity index (χ0) is 18.4. The first-order chi connectivity index (χ1) is 12.5. The second-order valence-corrected chi connectivity index (χ2v) is 7.26. The van der Waals surface area contributed by atoms with Gasteiger partial charge in [0, 0.05) is 51.0 Å². The number of fused-ring (bicyclic) bond motifs is 2. The van der Waals surface area contributed by atoms with Gasteiger partial charge in [-0.05, 0) is 12.5 Å². The molecule has 0 radical (unpaired) electrons. The van der Waals surface area contributed by atoms with Crippen molar-refractivity contribution in [3.63, 3.8) is 0 Å². The van der Waals surface area contributed by atoms with Crippen LogP contribution in [0.25, 0.3) is 10.8 Å². The third-order valence-electron chi connectivity index (χ3n) is 5.73. The summed E-state index contributed by atoms with van der Waals surface area (Å²) >= 11 is 0.